The van der Waals surface area contributed by atoms with Crippen LogP contribution in [0.25, 0.3) is 0 Å². The molecule has 0 aromatic heterocycles. The second-order valence-electron chi connectivity index (χ2n) is 6.59. The van der Waals surface area contributed by atoms with Gasteiger partial charge >= 0.3 is 0 Å². The van der Waals surface area contributed by atoms with Crippen LogP contribution >= 0.6 is 11.8 Å². The molecule has 26 heavy (non-hydrogen) atoms. The fraction of sp³-hybridized carbons (Fsp3) is 0.333. The number of ketones is 1. The van der Waals surface area contributed by atoms with Gasteiger partial charge < -0.3 is 10.6 Å². The monoisotopic (exact) mass is 368 g/mol. The van der Waals surface area contributed by atoms with Crippen molar-refractivity contribution in [3.05, 3.63) is 71.8 Å². The second-order valence-corrected chi connectivity index (χ2v) is 7.58. The number of thioether (sulfide) groups is 1. The molecule has 2 aromatic rings. The number of Topliss-reactive ketones (excluding diaryl/α,β-unsaturated/α-hetero) is 1. The number of hydrogen-bond acceptors (Lipinski definition) is 4. The Hall–Kier alpha value is -2.11. The maximum atomic E-state index is 12.6. The fourth-order valence-electron chi connectivity index (χ4n) is 3.42. The predicted octanol–water partition coefficient (Wildman–Crippen LogP) is 2.80. The fourth-order valence-corrected chi connectivity index (χ4v) is 4.23. The largest absolute Gasteiger partial charge is 0.341 e. The van der Waals surface area contributed by atoms with E-state index in [0.717, 1.165) is 0 Å². The molecule has 1 saturated heterocycles. The minimum Gasteiger partial charge on any atom is -0.341 e. The van der Waals surface area contributed by atoms with Gasteiger partial charge in [0.2, 0.25) is 5.91 Å². The molecule has 136 valence electrons. The predicted molar refractivity (Wildman–Crippen MR) is 106 cm³/mol. The summed E-state index contributed by atoms with van der Waals surface area (Å²) in [6.07, 6.45) is 0. The van der Waals surface area contributed by atoms with Gasteiger partial charge in [-0.3, -0.25) is 9.59 Å². The molecule has 4 nitrogen and oxygen atoms in total. The van der Waals surface area contributed by atoms with E-state index in [1.807, 2.05) is 53.4 Å². The summed E-state index contributed by atoms with van der Waals surface area (Å²) in [7, 11) is 0. The van der Waals surface area contributed by atoms with E-state index in [4.69, 9.17) is 5.73 Å². The maximum Gasteiger partial charge on any atom is 0.232 e. The Balaban J connectivity index is 1.51. The number of carbonyl (C=O) groups is 2. The Morgan fingerprint density at radius 1 is 0.962 bits per heavy atom. The van der Waals surface area contributed by atoms with Crippen molar-refractivity contribution in [3.63, 3.8) is 0 Å². The SMILES string of the molecule is NC[C@@H]1CN(C(=O)CSCC(=O)c2ccccc2)C[C@H]1c1ccccc1. The Bertz CT molecular complexity index is 736. The molecule has 0 aliphatic carbocycles. The van der Waals surface area contributed by atoms with Gasteiger partial charge in [-0.15, -0.1) is 11.8 Å². The van der Waals surface area contributed by atoms with Crippen LogP contribution in [0.1, 0.15) is 21.8 Å². The molecular weight excluding hydrogens is 344 g/mol. The highest BCUT2D eigenvalue weighted by Gasteiger charge is 2.35. The third kappa shape index (κ3) is 4.54. The molecule has 5 heteroatoms. The first-order valence-corrected chi connectivity index (χ1v) is 10.0. The van der Waals surface area contributed by atoms with E-state index in [2.05, 4.69) is 12.1 Å². The number of amides is 1. The molecule has 1 fully saturated rings. The van der Waals surface area contributed by atoms with Crippen LogP contribution in [0.15, 0.2) is 60.7 Å². The van der Waals surface area contributed by atoms with Crippen LogP contribution in [-0.4, -0.2) is 47.7 Å². The van der Waals surface area contributed by atoms with Crippen LogP contribution in [0.4, 0.5) is 0 Å². The highest BCUT2D eigenvalue weighted by Crippen LogP contribution is 2.32. The van der Waals surface area contributed by atoms with Crippen molar-refractivity contribution in [1.29, 1.82) is 0 Å². The zero-order valence-corrected chi connectivity index (χ0v) is 15.5. The molecule has 0 bridgehead atoms. The lowest BCUT2D eigenvalue weighted by atomic mass is 9.89. The summed E-state index contributed by atoms with van der Waals surface area (Å²) >= 11 is 1.39. The van der Waals surface area contributed by atoms with Crippen LogP contribution in [-0.2, 0) is 4.79 Å². The molecular formula is C21H24N2O2S. The Labute approximate surface area is 158 Å². The van der Waals surface area contributed by atoms with E-state index in [9.17, 15) is 9.59 Å². The first-order valence-electron chi connectivity index (χ1n) is 8.88. The number of nitrogens with two attached hydrogens (primary N) is 1. The summed E-state index contributed by atoms with van der Waals surface area (Å²) in [5.74, 6) is 1.39. The standard InChI is InChI=1S/C21H24N2O2S/c22-11-18-12-23(13-19(18)16-7-3-1-4-8-16)21(25)15-26-14-20(24)17-9-5-2-6-10-17/h1-10,18-19H,11-15,22H2/t18-,19+/m1/s1. The van der Waals surface area contributed by atoms with Crippen LogP contribution in [0, 0.1) is 5.92 Å². The minimum absolute atomic E-state index is 0.0619. The summed E-state index contributed by atoms with van der Waals surface area (Å²) in [5, 5.41) is 0. The van der Waals surface area contributed by atoms with Gasteiger partial charge in [0.15, 0.2) is 5.78 Å². The summed E-state index contributed by atoms with van der Waals surface area (Å²) in [6, 6.07) is 19.5. The molecule has 0 saturated carbocycles. The van der Waals surface area contributed by atoms with Gasteiger partial charge in [0, 0.05) is 24.6 Å². The van der Waals surface area contributed by atoms with E-state index in [1.54, 1.807) is 0 Å². The Morgan fingerprint density at radius 3 is 2.27 bits per heavy atom. The first-order chi connectivity index (χ1) is 12.7. The Kier molecular flexibility index (Phi) is 6.47. The van der Waals surface area contributed by atoms with Gasteiger partial charge in [0.05, 0.1) is 11.5 Å². The molecule has 1 aliphatic rings. The van der Waals surface area contributed by atoms with E-state index in [1.165, 1.54) is 17.3 Å². The normalized spacial score (nSPS) is 19.5. The van der Waals surface area contributed by atoms with Crippen molar-refractivity contribution in [1.82, 2.24) is 4.90 Å². The maximum absolute atomic E-state index is 12.6. The number of hydrogen-bond donors (Lipinski definition) is 1. The lowest BCUT2D eigenvalue weighted by Crippen LogP contribution is -2.31. The van der Waals surface area contributed by atoms with Crippen LogP contribution in [0.2, 0.25) is 0 Å². The Morgan fingerprint density at radius 2 is 1.62 bits per heavy atom. The molecule has 0 unspecified atom stereocenters. The lowest BCUT2D eigenvalue weighted by molar-refractivity contribution is -0.127. The minimum atomic E-state index is 0.0619. The third-order valence-electron chi connectivity index (χ3n) is 4.88. The number of benzene rings is 2. The zero-order valence-electron chi connectivity index (χ0n) is 14.7. The van der Waals surface area contributed by atoms with E-state index in [-0.39, 0.29) is 17.6 Å². The number of carbonyl (C=O) groups excluding carboxylic acids is 2. The van der Waals surface area contributed by atoms with Gasteiger partial charge in [-0.25, -0.2) is 0 Å². The average Bonchev–Trinajstić information content (AvgIpc) is 3.14. The molecule has 2 aromatic carbocycles. The van der Waals surface area contributed by atoms with E-state index >= 15 is 0 Å². The zero-order chi connectivity index (χ0) is 18.4. The van der Waals surface area contributed by atoms with Crippen molar-refractivity contribution in [3.8, 4) is 0 Å². The first kappa shape index (κ1) is 18.7. The summed E-state index contributed by atoms with van der Waals surface area (Å²) in [5.41, 5.74) is 7.88. The highest BCUT2D eigenvalue weighted by atomic mass is 32.2. The van der Waals surface area contributed by atoms with Crippen molar-refractivity contribution in [2.75, 3.05) is 31.1 Å². The molecule has 0 spiro atoms. The number of likely N-dealkylation sites (tertiary alicyclic amines) is 1. The quantitative estimate of drug-likeness (QED) is 0.764. The molecule has 3 rings (SSSR count). The molecule has 1 amide bonds. The van der Waals surface area contributed by atoms with Gasteiger partial charge in [-0.05, 0) is 18.0 Å². The third-order valence-corrected chi connectivity index (χ3v) is 5.80. The summed E-state index contributed by atoms with van der Waals surface area (Å²) < 4.78 is 0. The summed E-state index contributed by atoms with van der Waals surface area (Å²) in [4.78, 5) is 26.6. The molecule has 1 heterocycles. The van der Waals surface area contributed by atoms with Gasteiger partial charge in [-0.1, -0.05) is 60.7 Å². The second kappa shape index (κ2) is 9.01. The average molecular weight is 369 g/mol. The van der Waals surface area contributed by atoms with E-state index in [0.29, 0.717) is 42.6 Å². The van der Waals surface area contributed by atoms with Crippen molar-refractivity contribution in [2.24, 2.45) is 11.7 Å². The lowest BCUT2D eigenvalue weighted by Gasteiger charge is -2.16. The number of nitrogens with zero attached hydrogens (tertiary/aromatic N) is 1. The van der Waals surface area contributed by atoms with Crippen LogP contribution in [0.3, 0.4) is 0 Å². The number of rotatable bonds is 7. The smallest absolute Gasteiger partial charge is 0.232 e. The molecule has 2 N–H and O–H groups in total. The van der Waals surface area contributed by atoms with Crippen LogP contribution < -0.4 is 5.73 Å². The molecule has 0 radical (unpaired) electrons. The van der Waals surface area contributed by atoms with Gasteiger partial charge in [0.1, 0.15) is 0 Å². The topological polar surface area (TPSA) is 63.4 Å². The summed E-state index contributed by atoms with van der Waals surface area (Å²) in [6.45, 7) is 1.98. The van der Waals surface area contributed by atoms with E-state index < -0.39 is 0 Å². The van der Waals surface area contributed by atoms with Crippen molar-refractivity contribution >= 4 is 23.5 Å². The van der Waals surface area contributed by atoms with Crippen molar-refractivity contribution in [2.45, 2.75) is 5.92 Å². The van der Waals surface area contributed by atoms with Gasteiger partial charge in [0.25, 0.3) is 0 Å². The van der Waals surface area contributed by atoms with Gasteiger partial charge in [-0.2, -0.15) is 0 Å². The van der Waals surface area contributed by atoms with Crippen LogP contribution in [0.5, 0.6) is 0 Å². The molecule has 2 atom stereocenters. The molecule has 1 aliphatic heterocycles. The van der Waals surface area contributed by atoms with Crippen molar-refractivity contribution < 1.29 is 9.59 Å². The highest BCUT2D eigenvalue weighted by molar-refractivity contribution is 8.00.